The van der Waals surface area contributed by atoms with Gasteiger partial charge in [0.1, 0.15) is 0 Å². The topological polar surface area (TPSA) is 34.1 Å². The Labute approximate surface area is 98.4 Å². The maximum absolute atomic E-state index is 13.5. The van der Waals surface area contributed by atoms with Crippen LogP contribution in [0.2, 0.25) is 5.02 Å². The number of carbonyl (C=O) groups excluding carboxylic acids is 2. The molecule has 1 rings (SSSR count). The molecule has 0 saturated heterocycles. The first-order valence-electron chi connectivity index (χ1n) is 4.91. The molecule has 0 saturated carbocycles. The molecule has 16 heavy (non-hydrogen) atoms. The molecule has 1 aromatic carbocycles. The van der Waals surface area contributed by atoms with Gasteiger partial charge < -0.3 is 0 Å². The molecule has 0 amide bonds. The number of Topliss-reactive ketones (excluding diaryl/α,β-unsaturated/α-hetero) is 2. The first-order chi connectivity index (χ1) is 7.43. The van der Waals surface area contributed by atoms with Crippen molar-refractivity contribution in [2.24, 2.45) is 5.92 Å². The third-order valence-corrected chi connectivity index (χ3v) is 2.43. The fourth-order valence-corrected chi connectivity index (χ4v) is 1.31. The van der Waals surface area contributed by atoms with E-state index in [0.717, 1.165) is 0 Å². The number of carbonyl (C=O) groups is 2. The summed E-state index contributed by atoms with van der Waals surface area (Å²) < 4.78 is 13.5. The van der Waals surface area contributed by atoms with Gasteiger partial charge in [-0.15, -0.1) is 0 Å². The quantitative estimate of drug-likeness (QED) is 0.601. The number of benzene rings is 1. The van der Waals surface area contributed by atoms with Crippen molar-refractivity contribution in [3.8, 4) is 0 Å². The Morgan fingerprint density at radius 1 is 1.19 bits per heavy atom. The van der Waals surface area contributed by atoms with Crippen LogP contribution in [0.15, 0.2) is 24.3 Å². The number of hydrogen-bond acceptors (Lipinski definition) is 2. The molecule has 0 aromatic heterocycles. The van der Waals surface area contributed by atoms with Crippen LogP contribution in [0.1, 0.15) is 24.2 Å². The standard InChI is InChI=1S/C12H12ClFO2/c1-7(2)11(15)10(14)12(16)8-3-5-9(13)6-4-8/h3-7,10H,1-2H3. The summed E-state index contributed by atoms with van der Waals surface area (Å²) in [4.78, 5) is 22.9. The summed E-state index contributed by atoms with van der Waals surface area (Å²) in [6.45, 7) is 3.12. The fourth-order valence-electron chi connectivity index (χ4n) is 1.18. The second-order valence-corrected chi connectivity index (χ2v) is 4.23. The van der Waals surface area contributed by atoms with Gasteiger partial charge in [-0.25, -0.2) is 4.39 Å². The summed E-state index contributed by atoms with van der Waals surface area (Å²) in [6.07, 6.45) is -2.08. The van der Waals surface area contributed by atoms with Gasteiger partial charge in [-0.1, -0.05) is 25.4 Å². The van der Waals surface area contributed by atoms with E-state index >= 15 is 0 Å². The number of hydrogen-bond donors (Lipinski definition) is 0. The normalized spacial score (nSPS) is 12.6. The van der Waals surface area contributed by atoms with Crippen LogP contribution < -0.4 is 0 Å². The number of rotatable bonds is 4. The molecule has 2 nitrogen and oxygen atoms in total. The van der Waals surface area contributed by atoms with Gasteiger partial charge in [0, 0.05) is 16.5 Å². The lowest BCUT2D eigenvalue weighted by Crippen LogP contribution is -2.29. The zero-order valence-electron chi connectivity index (χ0n) is 9.04. The molecule has 4 heteroatoms. The molecular weight excluding hydrogens is 231 g/mol. The minimum absolute atomic E-state index is 0.158. The van der Waals surface area contributed by atoms with Crippen LogP contribution in [-0.4, -0.2) is 17.7 Å². The van der Waals surface area contributed by atoms with Gasteiger partial charge in [0.25, 0.3) is 0 Å². The van der Waals surface area contributed by atoms with Gasteiger partial charge >= 0.3 is 0 Å². The number of ketones is 2. The van der Waals surface area contributed by atoms with E-state index in [0.29, 0.717) is 5.02 Å². The Morgan fingerprint density at radius 2 is 1.69 bits per heavy atom. The second kappa shape index (κ2) is 5.21. The predicted octanol–water partition coefficient (Wildman–Crippen LogP) is 3.09. The third-order valence-electron chi connectivity index (χ3n) is 2.18. The molecule has 0 aliphatic carbocycles. The molecule has 0 fully saturated rings. The van der Waals surface area contributed by atoms with Crippen molar-refractivity contribution >= 4 is 23.2 Å². The van der Waals surface area contributed by atoms with Crippen molar-refractivity contribution in [3.63, 3.8) is 0 Å². The van der Waals surface area contributed by atoms with Gasteiger partial charge in [0.05, 0.1) is 0 Å². The van der Waals surface area contributed by atoms with Gasteiger partial charge in [-0.2, -0.15) is 0 Å². The Bertz CT molecular complexity index is 398. The maximum atomic E-state index is 13.5. The summed E-state index contributed by atoms with van der Waals surface area (Å²) in [5.74, 6) is -2.00. The highest BCUT2D eigenvalue weighted by atomic mass is 35.5. The van der Waals surface area contributed by atoms with Crippen molar-refractivity contribution in [1.29, 1.82) is 0 Å². The molecule has 0 heterocycles. The van der Waals surface area contributed by atoms with E-state index in [2.05, 4.69) is 0 Å². The number of halogens is 2. The van der Waals surface area contributed by atoms with Gasteiger partial charge in [-0.05, 0) is 24.3 Å². The highest BCUT2D eigenvalue weighted by molar-refractivity contribution is 6.30. The molecule has 0 aliphatic rings. The third kappa shape index (κ3) is 2.89. The fraction of sp³-hybridized carbons (Fsp3) is 0.333. The largest absolute Gasteiger partial charge is 0.296 e. The van der Waals surface area contributed by atoms with Crippen molar-refractivity contribution in [1.82, 2.24) is 0 Å². The van der Waals surface area contributed by atoms with E-state index in [1.165, 1.54) is 24.3 Å². The van der Waals surface area contributed by atoms with Crippen LogP contribution in [0.5, 0.6) is 0 Å². The lowest BCUT2D eigenvalue weighted by molar-refractivity contribution is -0.125. The van der Waals surface area contributed by atoms with Crippen LogP contribution in [0, 0.1) is 5.92 Å². The molecule has 1 atom stereocenters. The van der Waals surface area contributed by atoms with Crippen LogP contribution in [0.25, 0.3) is 0 Å². The van der Waals surface area contributed by atoms with Crippen molar-refractivity contribution in [2.45, 2.75) is 20.0 Å². The highest BCUT2D eigenvalue weighted by Gasteiger charge is 2.28. The number of alkyl halides is 1. The Kier molecular flexibility index (Phi) is 4.19. The smallest absolute Gasteiger partial charge is 0.221 e. The summed E-state index contributed by atoms with van der Waals surface area (Å²) in [7, 11) is 0. The van der Waals surface area contributed by atoms with Gasteiger partial charge in [0.15, 0.2) is 5.78 Å². The molecule has 0 bridgehead atoms. The van der Waals surface area contributed by atoms with Crippen molar-refractivity contribution in [3.05, 3.63) is 34.9 Å². The molecule has 0 spiro atoms. The van der Waals surface area contributed by atoms with E-state index in [4.69, 9.17) is 11.6 Å². The highest BCUT2D eigenvalue weighted by Crippen LogP contribution is 2.14. The van der Waals surface area contributed by atoms with Crippen LogP contribution in [0.3, 0.4) is 0 Å². The van der Waals surface area contributed by atoms with Crippen LogP contribution in [0.4, 0.5) is 4.39 Å². The van der Waals surface area contributed by atoms with Crippen LogP contribution >= 0.6 is 11.6 Å². The summed E-state index contributed by atoms with van der Waals surface area (Å²) in [6, 6.07) is 5.79. The lowest BCUT2D eigenvalue weighted by Gasteiger charge is -2.08. The minimum atomic E-state index is -2.08. The first kappa shape index (κ1) is 12.8. The van der Waals surface area contributed by atoms with E-state index in [-0.39, 0.29) is 5.56 Å². The predicted molar refractivity (Wildman–Crippen MR) is 60.5 cm³/mol. The summed E-state index contributed by atoms with van der Waals surface area (Å²) >= 11 is 5.64. The first-order valence-corrected chi connectivity index (χ1v) is 5.29. The lowest BCUT2D eigenvalue weighted by atomic mass is 9.98. The van der Waals surface area contributed by atoms with Gasteiger partial charge in [-0.3, -0.25) is 9.59 Å². The van der Waals surface area contributed by atoms with E-state index < -0.39 is 23.7 Å². The molecule has 0 N–H and O–H groups in total. The van der Waals surface area contributed by atoms with Gasteiger partial charge in [0.2, 0.25) is 12.0 Å². The average Bonchev–Trinajstić information content (AvgIpc) is 2.27. The Morgan fingerprint density at radius 3 is 2.12 bits per heavy atom. The molecule has 1 aromatic rings. The molecule has 1 unspecified atom stereocenters. The Balaban J connectivity index is 2.86. The summed E-state index contributed by atoms with van der Waals surface area (Å²) in [5.41, 5.74) is 0.158. The minimum Gasteiger partial charge on any atom is -0.296 e. The average molecular weight is 243 g/mol. The molecule has 0 aliphatic heterocycles. The SMILES string of the molecule is CC(C)C(=O)C(F)C(=O)c1ccc(Cl)cc1. The van der Waals surface area contributed by atoms with E-state index in [1.54, 1.807) is 13.8 Å². The molecule has 86 valence electrons. The van der Waals surface area contributed by atoms with Crippen molar-refractivity contribution in [2.75, 3.05) is 0 Å². The maximum Gasteiger partial charge on any atom is 0.221 e. The second-order valence-electron chi connectivity index (χ2n) is 3.79. The van der Waals surface area contributed by atoms with Crippen molar-refractivity contribution < 1.29 is 14.0 Å². The monoisotopic (exact) mass is 242 g/mol. The zero-order valence-corrected chi connectivity index (χ0v) is 9.79. The Hall–Kier alpha value is -1.22. The van der Waals surface area contributed by atoms with Crippen LogP contribution in [-0.2, 0) is 4.79 Å². The van der Waals surface area contributed by atoms with E-state index in [1.807, 2.05) is 0 Å². The zero-order chi connectivity index (χ0) is 12.3. The molecular formula is C12H12ClFO2. The summed E-state index contributed by atoms with van der Waals surface area (Å²) in [5, 5.41) is 0.460. The molecule has 0 radical (unpaired) electrons. The van der Waals surface area contributed by atoms with E-state index in [9.17, 15) is 14.0 Å².